The summed E-state index contributed by atoms with van der Waals surface area (Å²) in [5.41, 5.74) is 0.976. The zero-order chi connectivity index (χ0) is 20.8. The summed E-state index contributed by atoms with van der Waals surface area (Å²) in [5, 5.41) is 9.07. The van der Waals surface area contributed by atoms with E-state index >= 15 is 0 Å². The summed E-state index contributed by atoms with van der Waals surface area (Å²) in [5.74, 6) is 1.38. The van der Waals surface area contributed by atoms with E-state index < -0.39 is 0 Å². The number of likely N-dealkylation sites (tertiary alicyclic amines) is 1. The van der Waals surface area contributed by atoms with Gasteiger partial charge in [-0.1, -0.05) is 6.07 Å². The first kappa shape index (κ1) is 20.4. The summed E-state index contributed by atoms with van der Waals surface area (Å²) in [4.78, 5) is 18.8. The van der Waals surface area contributed by atoms with Gasteiger partial charge in [0.25, 0.3) is 5.91 Å². The van der Waals surface area contributed by atoms with Gasteiger partial charge in [0.2, 0.25) is 0 Å². The highest BCUT2D eigenvalue weighted by Crippen LogP contribution is 2.39. The number of ether oxygens (including phenoxy) is 2. The molecule has 1 aromatic carbocycles. The van der Waals surface area contributed by atoms with Gasteiger partial charge >= 0.3 is 0 Å². The molecule has 6 nitrogen and oxygen atoms in total. The first-order chi connectivity index (χ1) is 14.7. The summed E-state index contributed by atoms with van der Waals surface area (Å²) in [6.07, 6.45) is 8.28. The molecule has 1 unspecified atom stereocenters. The van der Waals surface area contributed by atoms with Crippen molar-refractivity contribution in [1.29, 1.82) is 5.26 Å². The van der Waals surface area contributed by atoms with Crippen LogP contribution < -0.4 is 4.74 Å². The van der Waals surface area contributed by atoms with Crippen molar-refractivity contribution in [2.75, 3.05) is 26.3 Å². The number of carbonyl (C=O) groups excluding carboxylic acids is 1. The highest BCUT2D eigenvalue weighted by Gasteiger charge is 2.41. The van der Waals surface area contributed by atoms with E-state index in [9.17, 15) is 4.79 Å². The molecular weight excluding hydrogens is 378 g/mol. The Labute approximate surface area is 177 Å². The SMILES string of the molecule is N#Cc1cccc(C(=O)N2CCC3(CC2)CC(CCOc2cccnc2)CCO3)c1. The third-order valence-electron chi connectivity index (χ3n) is 6.22. The third-order valence-corrected chi connectivity index (χ3v) is 6.22. The molecule has 0 radical (unpaired) electrons. The Morgan fingerprint density at radius 3 is 2.93 bits per heavy atom. The fourth-order valence-corrected chi connectivity index (χ4v) is 4.52. The standard InChI is InChI=1S/C24H27N3O3/c25-17-20-3-1-4-21(15-20)23(28)27-11-8-24(9-12-27)16-19(7-14-30-24)6-13-29-22-5-2-10-26-18-22/h1-5,10,15,18-19H,6-9,11-14,16H2. The van der Waals surface area contributed by atoms with Crippen molar-refractivity contribution in [3.8, 4) is 11.8 Å². The van der Waals surface area contributed by atoms with Crippen molar-refractivity contribution in [1.82, 2.24) is 9.88 Å². The van der Waals surface area contributed by atoms with E-state index in [0.717, 1.165) is 44.5 Å². The highest BCUT2D eigenvalue weighted by molar-refractivity contribution is 5.94. The number of nitrogens with zero attached hydrogens (tertiary/aromatic N) is 3. The summed E-state index contributed by atoms with van der Waals surface area (Å²) in [6, 6.07) is 12.8. The predicted molar refractivity (Wildman–Crippen MR) is 112 cm³/mol. The number of hydrogen-bond donors (Lipinski definition) is 0. The van der Waals surface area contributed by atoms with E-state index in [1.807, 2.05) is 17.0 Å². The Morgan fingerprint density at radius 2 is 2.17 bits per heavy atom. The number of amides is 1. The topological polar surface area (TPSA) is 75.5 Å². The molecule has 2 fully saturated rings. The second-order valence-corrected chi connectivity index (χ2v) is 8.20. The van der Waals surface area contributed by atoms with Crippen LogP contribution in [-0.2, 0) is 4.74 Å². The fraction of sp³-hybridized carbons (Fsp3) is 0.458. The minimum Gasteiger partial charge on any atom is -0.492 e. The summed E-state index contributed by atoms with van der Waals surface area (Å²) in [7, 11) is 0. The van der Waals surface area contributed by atoms with Gasteiger partial charge in [-0.2, -0.15) is 5.26 Å². The quantitative estimate of drug-likeness (QED) is 0.756. The van der Waals surface area contributed by atoms with Crippen LogP contribution >= 0.6 is 0 Å². The molecule has 1 amide bonds. The largest absolute Gasteiger partial charge is 0.492 e. The number of piperidine rings is 1. The summed E-state index contributed by atoms with van der Waals surface area (Å²) in [6.45, 7) is 2.84. The van der Waals surface area contributed by atoms with Gasteiger partial charge in [0, 0.05) is 31.5 Å². The molecule has 2 aliphatic rings. The molecular formula is C24H27N3O3. The normalized spacial score (nSPS) is 20.5. The number of nitriles is 1. The second kappa shape index (κ2) is 9.27. The lowest BCUT2D eigenvalue weighted by Crippen LogP contribution is -2.50. The number of aromatic nitrogens is 1. The molecule has 1 spiro atoms. The lowest BCUT2D eigenvalue weighted by Gasteiger charge is -2.46. The van der Waals surface area contributed by atoms with Gasteiger partial charge in [0.1, 0.15) is 5.75 Å². The van der Waals surface area contributed by atoms with Crippen molar-refractivity contribution < 1.29 is 14.3 Å². The first-order valence-corrected chi connectivity index (χ1v) is 10.6. The van der Waals surface area contributed by atoms with Gasteiger partial charge in [0.05, 0.1) is 30.0 Å². The van der Waals surface area contributed by atoms with Crippen LogP contribution in [0.25, 0.3) is 0 Å². The van der Waals surface area contributed by atoms with Crippen molar-refractivity contribution >= 4 is 5.91 Å². The first-order valence-electron chi connectivity index (χ1n) is 10.6. The average Bonchev–Trinajstić information content (AvgIpc) is 2.80. The van der Waals surface area contributed by atoms with Gasteiger partial charge in [-0.25, -0.2) is 0 Å². The van der Waals surface area contributed by atoms with Crippen LogP contribution in [0.4, 0.5) is 0 Å². The maximum absolute atomic E-state index is 12.8. The van der Waals surface area contributed by atoms with Crippen LogP contribution in [0.3, 0.4) is 0 Å². The molecule has 1 atom stereocenters. The van der Waals surface area contributed by atoms with E-state index in [1.54, 1.807) is 36.7 Å². The average molecular weight is 405 g/mol. The molecule has 30 heavy (non-hydrogen) atoms. The molecule has 0 bridgehead atoms. The second-order valence-electron chi connectivity index (χ2n) is 8.20. The minimum atomic E-state index is -0.123. The number of rotatable bonds is 5. The van der Waals surface area contributed by atoms with Gasteiger partial charge in [-0.05, 0) is 68.4 Å². The maximum atomic E-state index is 12.8. The van der Waals surface area contributed by atoms with Crippen LogP contribution in [0.1, 0.15) is 48.0 Å². The summed E-state index contributed by atoms with van der Waals surface area (Å²) >= 11 is 0. The van der Waals surface area contributed by atoms with E-state index in [4.69, 9.17) is 14.7 Å². The zero-order valence-electron chi connectivity index (χ0n) is 17.1. The molecule has 0 aliphatic carbocycles. The third kappa shape index (κ3) is 4.80. The molecule has 0 saturated carbocycles. The van der Waals surface area contributed by atoms with Gasteiger partial charge in [-0.3, -0.25) is 9.78 Å². The summed E-state index contributed by atoms with van der Waals surface area (Å²) < 4.78 is 12.1. The molecule has 6 heteroatoms. The molecule has 156 valence electrons. The highest BCUT2D eigenvalue weighted by atomic mass is 16.5. The van der Waals surface area contributed by atoms with Crippen molar-refractivity contribution in [2.45, 2.75) is 37.7 Å². The van der Waals surface area contributed by atoms with Crippen LogP contribution in [-0.4, -0.2) is 47.7 Å². The van der Waals surface area contributed by atoms with E-state index in [1.165, 1.54) is 0 Å². The fourth-order valence-electron chi connectivity index (χ4n) is 4.52. The monoisotopic (exact) mass is 405 g/mol. The zero-order valence-corrected chi connectivity index (χ0v) is 17.1. The molecule has 2 saturated heterocycles. The van der Waals surface area contributed by atoms with Crippen LogP contribution in [0.2, 0.25) is 0 Å². The van der Waals surface area contributed by atoms with E-state index in [2.05, 4.69) is 11.1 Å². The molecule has 4 rings (SSSR count). The van der Waals surface area contributed by atoms with Crippen LogP contribution in [0.15, 0.2) is 48.8 Å². The number of pyridine rings is 1. The molecule has 2 aliphatic heterocycles. The Hall–Kier alpha value is -2.91. The maximum Gasteiger partial charge on any atom is 0.253 e. The predicted octanol–water partition coefficient (Wildman–Crippen LogP) is 3.82. The van der Waals surface area contributed by atoms with Crippen molar-refractivity contribution in [3.63, 3.8) is 0 Å². The number of benzene rings is 1. The lowest BCUT2D eigenvalue weighted by atomic mass is 9.78. The van der Waals surface area contributed by atoms with Crippen molar-refractivity contribution in [2.24, 2.45) is 5.92 Å². The number of carbonyl (C=O) groups is 1. The Balaban J connectivity index is 1.28. The molecule has 3 heterocycles. The van der Waals surface area contributed by atoms with E-state index in [0.29, 0.717) is 36.7 Å². The Kier molecular flexibility index (Phi) is 6.29. The van der Waals surface area contributed by atoms with Crippen LogP contribution in [0.5, 0.6) is 5.75 Å². The number of hydrogen-bond acceptors (Lipinski definition) is 5. The van der Waals surface area contributed by atoms with Crippen molar-refractivity contribution in [3.05, 3.63) is 59.9 Å². The van der Waals surface area contributed by atoms with Gasteiger partial charge < -0.3 is 14.4 Å². The lowest BCUT2D eigenvalue weighted by molar-refractivity contribution is -0.125. The molecule has 0 N–H and O–H groups in total. The van der Waals surface area contributed by atoms with E-state index in [-0.39, 0.29) is 11.5 Å². The molecule has 1 aromatic heterocycles. The Bertz CT molecular complexity index is 901. The minimum absolute atomic E-state index is 0.000759. The Morgan fingerprint density at radius 1 is 1.30 bits per heavy atom. The van der Waals surface area contributed by atoms with Gasteiger partial charge in [0.15, 0.2) is 0 Å². The van der Waals surface area contributed by atoms with Crippen LogP contribution in [0, 0.1) is 17.2 Å². The smallest absolute Gasteiger partial charge is 0.253 e. The molecule has 2 aromatic rings. The van der Waals surface area contributed by atoms with Gasteiger partial charge in [-0.15, -0.1) is 0 Å².